The molecule has 0 radical (unpaired) electrons. The monoisotopic (exact) mass is 943 g/mol. The Hall–Kier alpha value is -6.75. The van der Waals surface area contributed by atoms with Gasteiger partial charge in [0.25, 0.3) is 0 Å². The molecule has 3 aromatic heterocycles. The Morgan fingerprint density at radius 3 is 2.07 bits per heavy atom. The zero-order valence-electron chi connectivity index (χ0n) is 32.1. The Balaban J connectivity index is 1.05. The van der Waals surface area contributed by atoms with Crippen molar-refractivity contribution >= 4 is 32.8 Å². The molecule has 0 bridgehead atoms. The number of hydrogen-bond acceptors (Lipinski definition) is 3. The number of aromatic nitrogens is 4. The average Bonchev–Trinajstić information content (AvgIpc) is 3.75. The zero-order chi connectivity index (χ0) is 39.5. The number of imidazole rings is 1. The molecule has 288 valence electrons. The maximum absolute atomic E-state index is 6.66. The van der Waals surface area contributed by atoms with Gasteiger partial charge in [-0.05, 0) is 37.0 Å². The number of pyridine rings is 1. The van der Waals surface area contributed by atoms with Gasteiger partial charge in [-0.2, -0.15) is 0 Å². The van der Waals surface area contributed by atoms with Crippen LogP contribution in [0.15, 0.2) is 164 Å². The van der Waals surface area contributed by atoms with Crippen LogP contribution in [0.2, 0.25) is 0 Å². The van der Waals surface area contributed by atoms with Gasteiger partial charge in [0.15, 0.2) is 0 Å². The first kappa shape index (κ1) is 35.4. The molecule has 0 unspecified atom stereocenters. The van der Waals surface area contributed by atoms with Crippen LogP contribution < -0.4 is 9.47 Å². The molecule has 7 aromatic carbocycles. The normalized spacial score (nSPS) is 12.5. The topological polar surface area (TPSA) is 46.1 Å². The minimum Gasteiger partial charge on any atom is -0.493 e. The SMILES string of the molecule is Cc1ccnc(-n2c3[c-]c(Oc4[c-]c(-n5[c](=[Pt])n(-c6c(-c7ccccc7)cccc6-c6ccccc6)c6ccccc65)ccc4)ccc3c3cc4c(cc32)OCCC4)c1. The van der Waals surface area contributed by atoms with Crippen LogP contribution >= 0.6 is 0 Å². The van der Waals surface area contributed by atoms with Crippen molar-refractivity contribution in [2.24, 2.45) is 0 Å². The molecule has 59 heavy (non-hydrogen) atoms. The molecule has 1 aliphatic heterocycles. The van der Waals surface area contributed by atoms with E-state index >= 15 is 0 Å². The van der Waals surface area contributed by atoms with Gasteiger partial charge >= 0.3 is 294 Å². The van der Waals surface area contributed by atoms with Gasteiger partial charge in [0.05, 0.1) is 6.61 Å². The summed E-state index contributed by atoms with van der Waals surface area (Å²) >= 11 is 2.47. The number of para-hydroxylation sites is 3. The summed E-state index contributed by atoms with van der Waals surface area (Å²) in [6.45, 7) is 2.82. The number of nitrogens with zero attached hydrogens (tertiary/aromatic N) is 4. The summed E-state index contributed by atoms with van der Waals surface area (Å²) in [5.74, 6) is 2.95. The van der Waals surface area contributed by atoms with Gasteiger partial charge < -0.3 is 4.74 Å². The fraction of sp³-hybridized carbons (Fsp3) is 0.0769. The second-order valence-corrected chi connectivity index (χ2v) is 15.9. The standard InChI is InChI=1S/C52H36N4O2.Pt/c1-35-26-27-53-51(29-35)56-48-32-41(24-25-44(48)45-30-38-17-12-28-57-50(38)33-49(45)56)58-40-19-10-18-39(31-40)54-34-55(47-23-9-8-22-46(47)54)52-42(36-13-4-2-5-14-36)20-11-21-43(52)37-15-6-3-7-16-37;/h2-11,13-16,18-27,29-30,33H,12,17,28H2,1H3;/q-2;. The van der Waals surface area contributed by atoms with Gasteiger partial charge in [-0.1, -0.05) is 0 Å². The smallest absolute Gasteiger partial charge is 0.493 e. The fourth-order valence-corrected chi connectivity index (χ4v) is 9.57. The predicted octanol–water partition coefficient (Wildman–Crippen LogP) is 12.4. The van der Waals surface area contributed by atoms with E-state index in [0.29, 0.717) is 11.5 Å². The van der Waals surface area contributed by atoms with E-state index in [2.05, 4.69) is 186 Å². The summed E-state index contributed by atoms with van der Waals surface area (Å²) in [4.78, 5) is 4.81. The Kier molecular flexibility index (Phi) is 8.74. The van der Waals surface area contributed by atoms with E-state index in [4.69, 9.17) is 14.5 Å². The molecular weight excluding hydrogens is 908 g/mol. The van der Waals surface area contributed by atoms with Crippen molar-refractivity contribution in [1.29, 1.82) is 0 Å². The molecule has 0 spiro atoms. The quantitative estimate of drug-likeness (QED) is 0.150. The zero-order valence-corrected chi connectivity index (χ0v) is 34.4. The number of ether oxygens (including phenoxy) is 2. The maximum atomic E-state index is 6.66. The van der Waals surface area contributed by atoms with Crippen LogP contribution in [0, 0.1) is 22.9 Å². The van der Waals surface area contributed by atoms with Gasteiger partial charge in [-0.25, -0.2) is 0 Å². The molecule has 0 amide bonds. The van der Waals surface area contributed by atoms with Crippen LogP contribution in [0.5, 0.6) is 17.2 Å². The van der Waals surface area contributed by atoms with E-state index in [1.54, 1.807) is 0 Å². The number of fused-ring (bicyclic) bond motifs is 5. The molecule has 0 saturated carbocycles. The number of hydrogen-bond donors (Lipinski definition) is 0. The van der Waals surface area contributed by atoms with Crippen LogP contribution in [0.25, 0.3) is 72.3 Å². The van der Waals surface area contributed by atoms with Crippen LogP contribution in [-0.2, 0) is 25.8 Å². The molecule has 7 heteroatoms. The summed E-state index contributed by atoms with van der Waals surface area (Å²) in [5.41, 5.74) is 13.0. The average molecular weight is 944 g/mol. The number of rotatable bonds is 7. The van der Waals surface area contributed by atoms with Crippen molar-refractivity contribution in [3.8, 4) is 56.7 Å². The van der Waals surface area contributed by atoms with Crippen LogP contribution in [0.3, 0.4) is 0 Å². The summed E-state index contributed by atoms with van der Waals surface area (Å²) in [6.07, 6.45) is 3.88. The van der Waals surface area contributed by atoms with E-state index in [-0.39, 0.29) is 0 Å². The molecule has 0 saturated heterocycles. The van der Waals surface area contributed by atoms with Crippen LogP contribution in [-0.4, -0.2) is 25.3 Å². The molecular formula is C52H36N4O2Pt-2. The van der Waals surface area contributed by atoms with E-state index in [1.165, 1.54) is 5.56 Å². The van der Waals surface area contributed by atoms with E-state index in [1.807, 2.05) is 30.5 Å². The first-order valence-electron chi connectivity index (χ1n) is 19.8. The van der Waals surface area contributed by atoms with Crippen molar-refractivity contribution in [2.75, 3.05) is 6.61 Å². The third-order valence-corrected chi connectivity index (χ3v) is 12.2. The Morgan fingerprint density at radius 1 is 0.627 bits per heavy atom. The van der Waals surface area contributed by atoms with Crippen molar-refractivity contribution in [2.45, 2.75) is 19.8 Å². The second-order valence-electron chi connectivity index (χ2n) is 14.9. The Labute approximate surface area is 352 Å². The van der Waals surface area contributed by atoms with Crippen molar-refractivity contribution in [3.05, 3.63) is 191 Å². The van der Waals surface area contributed by atoms with Crippen LogP contribution in [0.4, 0.5) is 0 Å². The minimum absolute atomic E-state index is 0.591. The van der Waals surface area contributed by atoms with Gasteiger partial charge in [0.1, 0.15) is 5.75 Å². The Bertz CT molecular complexity index is 3230. The van der Waals surface area contributed by atoms with E-state index in [0.717, 1.165) is 107 Å². The molecule has 0 fully saturated rings. The van der Waals surface area contributed by atoms with Crippen LogP contribution in [0.1, 0.15) is 17.5 Å². The summed E-state index contributed by atoms with van der Waals surface area (Å²) in [5, 5.41) is 2.24. The molecule has 0 aliphatic carbocycles. The van der Waals surface area contributed by atoms with E-state index in [9.17, 15) is 0 Å². The molecule has 0 N–H and O–H groups in total. The first-order chi connectivity index (χ1) is 29.1. The molecule has 1 aliphatic rings. The summed E-state index contributed by atoms with van der Waals surface area (Å²) in [7, 11) is 0. The fourth-order valence-electron chi connectivity index (χ4n) is 8.49. The minimum atomic E-state index is 0.591. The van der Waals surface area contributed by atoms with Gasteiger partial charge in [-0.3, -0.25) is 0 Å². The molecule has 10 aromatic rings. The first-order valence-corrected chi connectivity index (χ1v) is 20.9. The van der Waals surface area contributed by atoms with E-state index < -0.39 is 0 Å². The summed E-state index contributed by atoms with van der Waals surface area (Å²) < 4.78 is 20.6. The van der Waals surface area contributed by atoms with Gasteiger partial charge in [-0.15, -0.1) is 0 Å². The molecule has 11 rings (SSSR count). The number of benzene rings is 7. The van der Waals surface area contributed by atoms with Crippen molar-refractivity contribution in [3.63, 3.8) is 0 Å². The van der Waals surface area contributed by atoms with Gasteiger partial charge in [0, 0.05) is 6.20 Å². The van der Waals surface area contributed by atoms with Crippen molar-refractivity contribution < 1.29 is 28.8 Å². The third kappa shape index (κ3) is 6.14. The predicted molar refractivity (Wildman–Crippen MR) is 232 cm³/mol. The summed E-state index contributed by atoms with van der Waals surface area (Å²) in [6, 6.07) is 62.5. The third-order valence-electron chi connectivity index (χ3n) is 11.2. The molecule has 4 heterocycles. The second kappa shape index (κ2) is 14.6. The Morgan fingerprint density at radius 2 is 1.32 bits per heavy atom. The number of aryl methyl sites for hydroxylation is 2. The molecule has 0 atom stereocenters. The van der Waals surface area contributed by atoms with Gasteiger partial charge in [0.2, 0.25) is 0 Å². The molecule has 6 nitrogen and oxygen atoms in total. The van der Waals surface area contributed by atoms with Crippen molar-refractivity contribution in [1.82, 2.24) is 18.7 Å².